The van der Waals surface area contributed by atoms with Crippen molar-refractivity contribution in [1.82, 2.24) is 69.0 Å². The molecule has 6 heterocycles. The van der Waals surface area contributed by atoms with E-state index in [4.69, 9.17) is 48.9 Å². The lowest BCUT2D eigenvalue weighted by molar-refractivity contribution is 0.806. The number of hydrogen-bond donors (Lipinski definition) is 4. The molecule has 0 aliphatic heterocycles. The molecule has 0 saturated heterocycles. The number of H-pyrrole nitrogens is 4. The topological polar surface area (TPSA) is 160 Å². The summed E-state index contributed by atoms with van der Waals surface area (Å²) in [5.74, 6) is 2.58. The summed E-state index contributed by atoms with van der Waals surface area (Å²) in [6.07, 6.45) is 7.03. The first-order valence-electron chi connectivity index (χ1n) is 14.3. The van der Waals surface area contributed by atoms with Crippen LogP contribution in [0.4, 0.5) is 0 Å². The van der Waals surface area contributed by atoms with Crippen LogP contribution in [0.15, 0.2) is 87.0 Å². The quantitative estimate of drug-likeness (QED) is 0.0804. The van der Waals surface area contributed by atoms with Gasteiger partial charge in [0, 0.05) is 26.2 Å². The van der Waals surface area contributed by atoms with E-state index in [1.54, 1.807) is 24.3 Å². The number of pyridine rings is 2. The average molecular weight is 715 g/mol. The van der Waals surface area contributed by atoms with Gasteiger partial charge in [-0.25, -0.2) is 9.97 Å². The van der Waals surface area contributed by atoms with E-state index in [0.29, 0.717) is 91.3 Å². The summed E-state index contributed by atoms with van der Waals surface area (Å²) in [5.41, 5.74) is 2.73. The first kappa shape index (κ1) is 34.0. The van der Waals surface area contributed by atoms with Crippen LogP contribution in [0.3, 0.4) is 0 Å². The Morgan fingerprint density at radius 2 is 0.688 bits per heavy atom. The van der Waals surface area contributed by atoms with E-state index in [1.807, 2.05) is 54.7 Å². The highest BCUT2D eigenvalue weighted by Gasteiger charge is 2.15. The molecule has 244 valence electrons. The summed E-state index contributed by atoms with van der Waals surface area (Å²) in [6.45, 7) is 17.2. The van der Waals surface area contributed by atoms with Gasteiger partial charge >= 0.3 is 0 Å². The minimum absolute atomic E-state index is 0.520. The molecule has 0 fully saturated rings. The normalized spacial score (nSPS) is 10.7. The Labute approximate surface area is 295 Å². The Bertz CT molecular complexity index is 2020. The van der Waals surface area contributed by atoms with Crippen molar-refractivity contribution in [2.24, 2.45) is 0 Å². The Morgan fingerprint density at radius 1 is 0.458 bits per heavy atom. The van der Waals surface area contributed by atoms with Crippen LogP contribution >= 0.6 is 48.9 Å². The van der Waals surface area contributed by atoms with Crippen LogP contribution in [0.1, 0.15) is 0 Å². The second kappa shape index (κ2) is 15.5. The monoisotopic (exact) mass is 714 g/mol. The highest BCUT2D eigenvalue weighted by atomic mass is 32.1. The van der Waals surface area contributed by atoms with Crippen molar-refractivity contribution in [1.29, 1.82) is 0 Å². The molecule has 0 amide bonds. The SMILES string of the molecule is C=CCn1c(-c2cccc(-c3n[nH]c(=S)n3CC=C)n2)n[nH]c1=S.C=CCn1c(-c2cccc(-c3n[nH]c(=S)n3CC=C)n2)n[nH]c1=S. The molecule has 0 spiro atoms. The van der Waals surface area contributed by atoms with Gasteiger partial charge < -0.3 is 0 Å². The highest BCUT2D eigenvalue weighted by Crippen LogP contribution is 2.22. The van der Waals surface area contributed by atoms with Crippen molar-refractivity contribution in [2.45, 2.75) is 26.2 Å². The lowest BCUT2D eigenvalue weighted by atomic mass is 10.2. The molecule has 0 aliphatic rings. The molecule has 4 N–H and O–H groups in total. The van der Waals surface area contributed by atoms with Crippen molar-refractivity contribution < 1.29 is 0 Å². The Kier molecular flexibility index (Phi) is 11.0. The molecule has 6 rings (SSSR count). The molecule has 6 aromatic rings. The van der Waals surface area contributed by atoms with Crippen molar-refractivity contribution in [3.63, 3.8) is 0 Å². The predicted molar refractivity (Wildman–Crippen MR) is 195 cm³/mol. The van der Waals surface area contributed by atoms with Gasteiger partial charge in [0.15, 0.2) is 42.4 Å². The van der Waals surface area contributed by atoms with Crippen molar-refractivity contribution in [2.75, 3.05) is 0 Å². The van der Waals surface area contributed by atoms with Gasteiger partial charge in [0.05, 0.1) is 0 Å². The van der Waals surface area contributed by atoms with E-state index in [-0.39, 0.29) is 0 Å². The number of rotatable bonds is 12. The molecule has 14 nitrogen and oxygen atoms in total. The fourth-order valence-electron chi connectivity index (χ4n) is 4.61. The van der Waals surface area contributed by atoms with E-state index < -0.39 is 0 Å². The van der Waals surface area contributed by atoms with E-state index in [9.17, 15) is 0 Å². The molecule has 0 radical (unpaired) electrons. The largest absolute Gasteiger partial charge is 0.295 e. The van der Waals surface area contributed by atoms with Gasteiger partial charge in [-0.2, -0.15) is 20.4 Å². The minimum atomic E-state index is 0.520. The molecule has 18 heteroatoms. The number of allylic oxidation sites excluding steroid dienone is 4. The van der Waals surface area contributed by atoms with Gasteiger partial charge in [-0.1, -0.05) is 36.4 Å². The van der Waals surface area contributed by atoms with E-state index in [2.05, 4.69) is 77.1 Å². The zero-order valence-corrected chi connectivity index (χ0v) is 28.8. The van der Waals surface area contributed by atoms with Crippen LogP contribution in [-0.2, 0) is 26.2 Å². The van der Waals surface area contributed by atoms with Crippen LogP contribution in [-0.4, -0.2) is 69.0 Å². The first-order chi connectivity index (χ1) is 23.3. The number of nitrogens with zero attached hydrogens (tertiary/aromatic N) is 10. The molecule has 0 bridgehead atoms. The van der Waals surface area contributed by atoms with Crippen molar-refractivity contribution >= 4 is 48.9 Å². The average Bonchev–Trinajstić information content (AvgIpc) is 3.86. The Hall–Kier alpha value is -5.30. The van der Waals surface area contributed by atoms with Gasteiger partial charge in [0.2, 0.25) is 0 Å². The van der Waals surface area contributed by atoms with Gasteiger partial charge in [-0.15, -0.1) is 26.3 Å². The fourth-order valence-corrected chi connectivity index (χ4v) is 5.44. The smallest absolute Gasteiger partial charge is 0.195 e. The number of aromatic amines is 4. The van der Waals surface area contributed by atoms with Crippen LogP contribution in [0, 0.1) is 19.1 Å². The molecular weight excluding hydrogens is 685 g/mol. The maximum absolute atomic E-state index is 5.25. The summed E-state index contributed by atoms with van der Waals surface area (Å²) >= 11 is 21.0. The molecular formula is C30H30N14S4. The van der Waals surface area contributed by atoms with Crippen LogP contribution in [0.2, 0.25) is 0 Å². The zero-order chi connectivity index (χ0) is 34.2. The summed E-state index contributed by atoms with van der Waals surface area (Å²) in [5, 5.41) is 28.2. The third-order valence-corrected chi connectivity index (χ3v) is 7.94. The molecule has 6 aromatic heterocycles. The Balaban J connectivity index is 0.000000188. The molecule has 48 heavy (non-hydrogen) atoms. The summed E-state index contributed by atoms with van der Waals surface area (Å²) in [6, 6.07) is 11.3. The third-order valence-electron chi connectivity index (χ3n) is 6.69. The van der Waals surface area contributed by atoms with Crippen molar-refractivity contribution in [3.8, 4) is 46.1 Å². The maximum atomic E-state index is 5.25. The first-order valence-corrected chi connectivity index (χ1v) is 15.9. The number of hydrogen-bond acceptors (Lipinski definition) is 10. The standard InChI is InChI=1S/2C15H15N7S2/c2*1-3-8-21-12(17-19-14(21)23)10-6-5-7-11(16-10)13-18-20-15(24)22(13)9-4-2/h2*3-7H,1-2,8-9H2,(H,19,23)(H,20,24). The fraction of sp³-hybridized carbons (Fsp3) is 0.133. The second-order valence-corrected chi connectivity index (χ2v) is 11.4. The van der Waals surface area contributed by atoms with E-state index in [1.165, 1.54) is 0 Å². The molecule has 0 saturated carbocycles. The highest BCUT2D eigenvalue weighted by molar-refractivity contribution is 7.71. The Morgan fingerprint density at radius 3 is 0.896 bits per heavy atom. The van der Waals surface area contributed by atoms with Gasteiger partial charge in [0.1, 0.15) is 22.8 Å². The summed E-state index contributed by atoms with van der Waals surface area (Å²) in [4.78, 5) is 9.32. The molecule has 0 atom stereocenters. The van der Waals surface area contributed by atoms with E-state index >= 15 is 0 Å². The van der Waals surface area contributed by atoms with Crippen molar-refractivity contribution in [3.05, 3.63) is 106 Å². The molecule has 0 aromatic carbocycles. The van der Waals surface area contributed by atoms with Gasteiger partial charge in [-0.3, -0.25) is 38.7 Å². The maximum Gasteiger partial charge on any atom is 0.195 e. The van der Waals surface area contributed by atoms with Gasteiger partial charge in [0.25, 0.3) is 0 Å². The lowest BCUT2D eigenvalue weighted by Gasteiger charge is -2.06. The van der Waals surface area contributed by atoms with Crippen LogP contribution in [0.5, 0.6) is 0 Å². The van der Waals surface area contributed by atoms with Gasteiger partial charge in [-0.05, 0) is 73.1 Å². The van der Waals surface area contributed by atoms with Crippen LogP contribution in [0.25, 0.3) is 46.1 Å². The number of nitrogens with one attached hydrogen (secondary N) is 4. The predicted octanol–water partition coefficient (Wildman–Crippen LogP) is 6.59. The third kappa shape index (κ3) is 7.15. The zero-order valence-electron chi connectivity index (χ0n) is 25.5. The minimum Gasteiger partial charge on any atom is -0.295 e. The van der Waals surface area contributed by atoms with E-state index in [0.717, 1.165) is 0 Å². The number of aromatic nitrogens is 14. The summed E-state index contributed by atoms with van der Waals surface area (Å²) in [7, 11) is 0. The summed E-state index contributed by atoms with van der Waals surface area (Å²) < 4.78 is 9.39. The lowest BCUT2D eigenvalue weighted by Crippen LogP contribution is -2.03. The molecule has 0 unspecified atom stereocenters. The van der Waals surface area contributed by atoms with Crippen LogP contribution < -0.4 is 0 Å². The second-order valence-electron chi connectivity index (χ2n) is 9.82. The molecule has 0 aliphatic carbocycles.